The minimum absolute atomic E-state index is 0.0225. The van der Waals surface area contributed by atoms with Crippen molar-refractivity contribution in [3.63, 3.8) is 0 Å². The fraction of sp³-hybridized carbons (Fsp3) is 0.300. The zero-order chi connectivity index (χ0) is 10.1. The summed E-state index contributed by atoms with van der Waals surface area (Å²) in [6.45, 7) is 1.96. The average Bonchev–Trinajstić information content (AvgIpc) is 2.23. The van der Waals surface area contributed by atoms with E-state index in [2.05, 4.69) is 10.6 Å². The number of benzene rings is 1. The van der Waals surface area contributed by atoms with Gasteiger partial charge in [-0.3, -0.25) is 4.79 Å². The second kappa shape index (κ2) is 3.37. The SMILES string of the molecule is [B]c1cccc2c1N[C@H](C)CC(=O)N2. The van der Waals surface area contributed by atoms with Crippen molar-refractivity contribution in [2.45, 2.75) is 19.4 Å². The Balaban J connectivity index is 2.46. The molecule has 0 aromatic heterocycles. The standard InChI is InChI=1S/C10H11BN2O/c1-6-5-9(14)13-8-4-2-3-7(11)10(8)12-6/h2-4,6,12H,5H2,1H3,(H,13,14)/t6-/m1/s1. The molecular weight excluding hydrogens is 175 g/mol. The number of nitrogens with one attached hydrogen (secondary N) is 2. The van der Waals surface area contributed by atoms with Crippen molar-refractivity contribution < 1.29 is 4.79 Å². The molecule has 1 aliphatic rings. The Morgan fingerprint density at radius 2 is 2.29 bits per heavy atom. The van der Waals surface area contributed by atoms with Gasteiger partial charge in [-0.2, -0.15) is 0 Å². The van der Waals surface area contributed by atoms with Crippen LogP contribution >= 0.6 is 0 Å². The van der Waals surface area contributed by atoms with Crippen molar-refractivity contribution in [2.24, 2.45) is 0 Å². The lowest BCUT2D eigenvalue weighted by atomic mass is 9.93. The summed E-state index contributed by atoms with van der Waals surface area (Å²) in [5, 5.41) is 6.02. The number of hydrogen-bond donors (Lipinski definition) is 2. The van der Waals surface area contributed by atoms with Gasteiger partial charge in [0, 0.05) is 12.5 Å². The van der Waals surface area contributed by atoms with Crippen molar-refractivity contribution in [3.05, 3.63) is 18.2 Å². The molecular formula is C10H11BN2O. The summed E-state index contributed by atoms with van der Waals surface area (Å²) in [7, 11) is 5.80. The molecule has 0 spiro atoms. The first-order valence-electron chi connectivity index (χ1n) is 4.61. The molecule has 0 saturated carbocycles. The van der Waals surface area contributed by atoms with Gasteiger partial charge in [0.1, 0.15) is 7.85 Å². The number of carbonyl (C=O) groups excluding carboxylic acids is 1. The molecule has 3 nitrogen and oxygen atoms in total. The molecule has 1 aliphatic heterocycles. The van der Waals surface area contributed by atoms with Crippen molar-refractivity contribution in [3.8, 4) is 0 Å². The number of carbonyl (C=O) groups is 1. The predicted octanol–water partition coefficient (Wildman–Crippen LogP) is 0.623. The number of hydrogen-bond acceptors (Lipinski definition) is 2. The molecule has 1 heterocycles. The summed E-state index contributed by atoms with van der Waals surface area (Å²) >= 11 is 0. The van der Waals surface area contributed by atoms with Gasteiger partial charge in [0.15, 0.2) is 0 Å². The second-order valence-electron chi connectivity index (χ2n) is 3.57. The highest BCUT2D eigenvalue weighted by atomic mass is 16.1. The van der Waals surface area contributed by atoms with Gasteiger partial charge in [0.2, 0.25) is 5.91 Å². The second-order valence-corrected chi connectivity index (χ2v) is 3.57. The number of fused-ring (bicyclic) bond motifs is 1. The van der Waals surface area contributed by atoms with Crippen molar-refractivity contribution in [1.82, 2.24) is 0 Å². The molecule has 14 heavy (non-hydrogen) atoms. The Kier molecular flexibility index (Phi) is 2.19. The van der Waals surface area contributed by atoms with Gasteiger partial charge in [0.25, 0.3) is 0 Å². The van der Waals surface area contributed by atoms with Gasteiger partial charge in [-0.05, 0) is 13.0 Å². The van der Waals surface area contributed by atoms with Crippen LogP contribution in [-0.4, -0.2) is 19.8 Å². The quantitative estimate of drug-likeness (QED) is 0.583. The molecule has 2 radical (unpaired) electrons. The van der Waals surface area contributed by atoms with E-state index in [1.807, 2.05) is 25.1 Å². The van der Waals surface area contributed by atoms with Crippen molar-refractivity contribution in [1.29, 1.82) is 0 Å². The normalized spacial score (nSPS) is 20.4. The maximum atomic E-state index is 11.4. The average molecular weight is 186 g/mol. The summed E-state index contributed by atoms with van der Waals surface area (Å²) < 4.78 is 0. The highest BCUT2D eigenvalue weighted by Gasteiger charge is 2.17. The number of amides is 1. The Labute approximate surface area is 84.3 Å². The summed E-state index contributed by atoms with van der Waals surface area (Å²) in [6.07, 6.45) is 0.466. The van der Waals surface area contributed by atoms with Crippen LogP contribution in [-0.2, 0) is 4.79 Å². The third-order valence-electron chi connectivity index (χ3n) is 2.25. The van der Waals surface area contributed by atoms with E-state index in [1.54, 1.807) is 0 Å². The predicted molar refractivity (Wildman–Crippen MR) is 58.2 cm³/mol. The van der Waals surface area contributed by atoms with E-state index >= 15 is 0 Å². The molecule has 4 heteroatoms. The minimum Gasteiger partial charge on any atom is -0.381 e. The summed E-state index contributed by atoms with van der Waals surface area (Å²) in [5.74, 6) is 0.0225. The molecule has 0 saturated heterocycles. The van der Waals surface area contributed by atoms with E-state index in [-0.39, 0.29) is 11.9 Å². The fourth-order valence-corrected chi connectivity index (χ4v) is 1.61. The van der Waals surface area contributed by atoms with Crippen LogP contribution in [0, 0.1) is 0 Å². The zero-order valence-corrected chi connectivity index (χ0v) is 8.00. The molecule has 70 valence electrons. The third kappa shape index (κ3) is 1.60. The zero-order valence-electron chi connectivity index (χ0n) is 8.00. The van der Waals surface area contributed by atoms with Crippen LogP contribution in [0.2, 0.25) is 0 Å². The van der Waals surface area contributed by atoms with E-state index in [0.29, 0.717) is 11.9 Å². The van der Waals surface area contributed by atoms with Gasteiger partial charge < -0.3 is 10.6 Å². The first kappa shape index (κ1) is 9.12. The lowest BCUT2D eigenvalue weighted by molar-refractivity contribution is -0.116. The van der Waals surface area contributed by atoms with Crippen molar-refractivity contribution in [2.75, 3.05) is 10.6 Å². The number of rotatable bonds is 0. The Morgan fingerprint density at radius 1 is 1.50 bits per heavy atom. The first-order chi connectivity index (χ1) is 6.66. The van der Waals surface area contributed by atoms with Gasteiger partial charge in [-0.25, -0.2) is 0 Å². The van der Waals surface area contributed by atoms with Crippen LogP contribution in [0.25, 0.3) is 0 Å². The maximum absolute atomic E-state index is 11.4. The molecule has 0 fully saturated rings. The van der Waals surface area contributed by atoms with Crippen LogP contribution in [0.4, 0.5) is 11.4 Å². The monoisotopic (exact) mass is 186 g/mol. The lowest BCUT2D eigenvalue weighted by Crippen LogP contribution is -2.21. The summed E-state index contributed by atoms with van der Waals surface area (Å²) in [4.78, 5) is 11.4. The Bertz CT molecular complexity index is 378. The van der Waals surface area contributed by atoms with Crippen LogP contribution in [0.15, 0.2) is 18.2 Å². The van der Waals surface area contributed by atoms with Gasteiger partial charge in [-0.1, -0.05) is 17.6 Å². The lowest BCUT2D eigenvalue weighted by Gasteiger charge is -2.14. The molecule has 2 rings (SSSR count). The molecule has 1 amide bonds. The molecule has 0 bridgehead atoms. The van der Waals surface area contributed by atoms with E-state index in [0.717, 1.165) is 11.4 Å². The highest BCUT2D eigenvalue weighted by molar-refractivity contribution is 6.37. The minimum atomic E-state index is 0.0225. The van der Waals surface area contributed by atoms with Crippen LogP contribution < -0.4 is 16.1 Å². The molecule has 1 aromatic carbocycles. The molecule has 1 atom stereocenters. The Hall–Kier alpha value is -1.45. The first-order valence-corrected chi connectivity index (χ1v) is 4.61. The van der Waals surface area contributed by atoms with E-state index in [9.17, 15) is 4.79 Å². The number of para-hydroxylation sites is 1. The fourth-order valence-electron chi connectivity index (χ4n) is 1.61. The van der Waals surface area contributed by atoms with Gasteiger partial charge in [-0.15, -0.1) is 0 Å². The van der Waals surface area contributed by atoms with Gasteiger partial charge in [0.05, 0.1) is 11.4 Å². The summed E-state index contributed by atoms with van der Waals surface area (Å²) in [5.41, 5.74) is 2.25. The Morgan fingerprint density at radius 3 is 3.07 bits per heavy atom. The van der Waals surface area contributed by atoms with Crippen molar-refractivity contribution >= 4 is 30.6 Å². The third-order valence-corrected chi connectivity index (χ3v) is 2.25. The van der Waals surface area contributed by atoms with Gasteiger partial charge >= 0.3 is 0 Å². The topological polar surface area (TPSA) is 41.1 Å². The number of anilines is 2. The molecule has 2 N–H and O–H groups in total. The van der Waals surface area contributed by atoms with E-state index in [1.165, 1.54) is 0 Å². The maximum Gasteiger partial charge on any atom is 0.226 e. The van der Waals surface area contributed by atoms with Crippen LogP contribution in [0.3, 0.4) is 0 Å². The largest absolute Gasteiger partial charge is 0.381 e. The molecule has 1 aromatic rings. The highest BCUT2D eigenvalue weighted by Crippen LogP contribution is 2.23. The molecule has 0 aliphatic carbocycles. The van der Waals surface area contributed by atoms with E-state index < -0.39 is 0 Å². The van der Waals surface area contributed by atoms with Crippen LogP contribution in [0.5, 0.6) is 0 Å². The molecule has 0 unspecified atom stereocenters. The smallest absolute Gasteiger partial charge is 0.226 e. The van der Waals surface area contributed by atoms with E-state index in [4.69, 9.17) is 7.85 Å². The van der Waals surface area contributed by atoms with Crippen LogP contribution in [0.1, 0.15) is 13.3 Å². The summed E-state index contributed by atoms with van der Waals surface area (Å²) in [6, 6.07) is 5.59.